The van der Waals surface area contributed by atoms with E-state index in [1.807, 2.05) is 0 Å². The van der Waals surface area contributed by atoms with E-state index in [9.17, 15) is 0 Å². The van der Waals surface area contributed by atoms with Gasteiger partial charge < -0.3 is 9.64 Å². The van der Waals surface area contributed by atoms with E-state index in [4.69, 9.17) is 4.74 Å². The molecule has 0 saturated carbocycles. The van der Waals surface area contributed by atoms with Gasteiger partial charge in [0, 0.05) is 44.9 Å². The minimum atomic E-state index is 0.308. The van der Waals surface area contributed by atoms with Gasteiger partial charge in [0.05, 0.1) is 0 Å². The van der Waals surface area contributed by atoms with Crippen LogP contribution in [0.4, 0.5) is 0 Å². The molecule has 0 unspecified atom stereocenters. The molecule has 0 N–H and O–H groups in total. The average Bonchev–Trinajstić information content (AvgIpc) is 2.83. The van der Waals surface area contributed by atoms with E-state index in [1.165, 1.54) is 45.3 Å². The Morgan fingerprint density at radius 2 is 1.86 bits per heavy atom. The molecule has 3 aliphatic rings. The van der Waals surface area contributed by atoms with Crippen molar-refractivity contribution in [1.82, 2.24) is 9.80 Å². The van der Waals surface area contributed by atoms with Crippen LogP contribution >= 0.6 is 0 Å². The fourth-order valence-electron chi connectivity index (χ4n) is 4.78. The molecule has 0 atom stereocenters. The zero-order chi connectivity index (χ0) is 15.0. The molecule has 3 aliphatic heterocycles. The first-order valence-corrected chi connectivity index (χ1v) is 8.88. The van der Waals surface area contributed by atoms with Gasteiger partial charge in [-0.25, -0.2) is 0 Å². The number of fused-ring (bicyclic) bond motifs is 2. The number of rotatable bonds is 2. The van der Waals surface area contributed by atoms with Crippen molar-refractivity contribution in [3.8, 4) is 0 Å². The van der Waals surface area contributed by atoms with Crippen molar-refractivity contribution in [2.45, 2.75) is 37.8 Å². The van der Waals surface area contributed by atoms with Crippen molar-refractivity contribution in [1.29, 1.82) is 0 Å². The molecule has 0 aromatic heterocycles. The lowest BCUT2D eigenvalue weighted by Crippen LogP contribution is -2.49. The minimum Gasteiger partial charge on any atom is -0.381 e. The molecule has 2 saturated heterocycles. The standard InChI is InChI=1S/C19H28N2O/c1-20-15-17-4-2-3-5-18(17)19(20)8-10-21(11-9-19)14-16-6-12-22-13-7-16/h2-5,16H,6-15H2,1H3. The number of likely N-dealkylation sites (tertiary alicyclic amines) is 1. The maximum absolute atomic E-state index is 5.49. The Morgan fingerprint density at radius 1 is 1.14 bits per heavy atom. The van der Waals surface area contributed by atoms with Crippen LogP contribution in [-0.2, 0) is 16.8 Å². The zero-order valence-corrected chi connectivity index (χ0v) is 13.8. The zero-order valence-electron chi connectivity index (χ0n) is 13.8. The molecule has 22 heavy (non-hydrogen) atoms. The average molecular weight is 300 g/mol. The van der Waals surface area contributed by atoms with Crippen LogP contribution in [0.3, 0.4) is 0 Å². The van der Waals surface area contributed by atoms with Crippen molar-refractivity contribution < 1.29 is 4.74 Å². The second-order valence-corrected chi connectivity index (χ2v) is 7.40. The molecule has 1 spiro atoms. The fourth-order valence-corrected chi connectivity index (χ4v) is 4.78. The first-order chi connectivity index (χ1) is 10.8. The number of hydrogen-bond donors (Lipinski definition) is 0. The lowest BCUT2D eigenvalue weighted by atomic mass is 9.80. The Bertz CT molecular complexity index is 516. The van der Waals surface area contributed by atoms with E-state index in [0.29, 0.717) is 5.54 Å². The van der Waals surface area contributed by atoms with Crippen molar-refractivity contribution >= 4 is 0 Å². The largest absolute Gasteiger partial charge is 0.381 e. The second kappa shape index (κ2) is 5.95. The van der Waals surface area contributed by atoms with E-state index >= 15 is 0 Å². The Hall–Kier alpha value is -0.900. The normalized spacial score (nSPS) is 26.4. The Labute approximate surface area is 134 Å². The lowest BCUT2D eigenvalue weighted by molar-refractivity contribution is 0.0203. The molecule has 4 rings (SSSR count). The molecule has 1 aromatic carbocycles. The molecule has 1 aromatic rings. The molecular formula is C19H28N2O. The van der Waals surface area contributed by atoms with Crippen LogP contribution in [0, 0.1) is 5.92 Å². The summed E-state index contributed by atoms with van der Waals surface area (Å²) in [6.07, 6.45) is 5.07. The number of ether oxygens (including phenoxy) is 1. The quantitative estimate of drug-likeness (QED) is 0.835. The monoisotopic (exact) mass is 300 g/mol. The summed E-state index contributed by atoms with van der Waals surface area (Å²) in [5.41, 5.74) is 3.45. The molecule has 0 aliphatic carbocycles. The molecule has 3 heteroatoms. The summed E-state index contributed by atoms with van der Waals surface area (Å²) in [6, 6.07) is 9.09. The predicted molar refractivity (Wildman–Crippen MR) is 88.8 cm³/mol. The summed E-state index contributed by atoms with van der Waals surface area (Å²) < 4.78 is 5.49. The summed E-state index contributed by atoms with van der Waals surface area (Å²) in [4.78, 5) is 5.31. The van der Waals surface area contributed by atoms with Gasteiger partial charge in [-0.05, 0) is 49.8 Å². The minimum absolute atomic E-state index is 0.308. The third-order valence-electron chi connectivity index (χ3n) is 6.20. The molecule has 3 heterocycles. The number of hydrogen-bond acceptors (Lipinski definition) is 3. The Morgan fingerprint density at radius 3 is 2.64 bits per heavy atom. The van der Waals surface area contributed by atoms with Gasteiger partial charge in [-0.15, -0.1) is 0 Å². The summed E-state index contributed by atoms with van der Waals surface area (Å²) in [5, 5.41) is 0. The van der Waals surface area contributed by atoms with Crippen LogP contribution in [0.15, 0.2) is 24.3 Å². The van der Waals surface area contributed by atoms with Crippen LogP contribution in [0.25, 0.3) is 0 Å². The van der Waals surface area contributed by atoms with Gasteiger partial charge in [0.2, 0.25) is 0 Å². The molecule has 2 fully saturated rings. The van der Waals surface area contributed by atoms with Gasteiger partial charge in [0.15, 0.2) is 0 Å². The first kappa shape index (κ1) is 14.7. The third-order valence-corrected chi connectivity index (χ3v) is 6.20. The summed E-state index contributed by atoms with van der Waals surface area (Å²) >= 11 is 0. The fraction of sp³-hybridized carbons (Fsp3) is 0.684. The van der Waals surface area contributed by atoms with Crippen LogP contribution in [0.1, 0.15) is 36.8 Å². The molecule has 3 nitrogen and oxygen atoms in total. The summed E-state index contributed by atoms with van der Waals surface area (Å²) in [7, 11) is 2.31. The van der Waals surface area contributed by atoms with Gasteiger partial charge in [-0.2, -0.15) is 0 Å². The number of benzene rings is 1. The van der Waals surface area contributed by atoms with Gasteiger partial charge >= 0.3 is 0 Å². The summed E-state index contributed by atoms with van der Waals surface area (Å²) in [6.45, 7) is 6.84. The van der Waals surface area contributed by atoms with E-state index in [1.54, 1.807) is 11.1 Å². The van der Waals surface area contributed by atoms with E-state index in [0.717, 1.165) is 25.7 Å². The third kappa shape index (κ3) is 2.49. The molecule has 0 radical (unpaired) electrons. The van der Waals surface area contributed by atoms with Gasteiger partial charge in [0.25, 0.3) is 0 Å². The topological polar surface area (TPSA) is 15.7 Å². The highest BCUT2D eigenvalue weighted by Gasteiger charge is 2.44. The van der Waals surface area contributed by atoms with E-state index in [2.05, 4.69) is 41.1 Å². The highest BCUT2D eigenvalue weighted by molar-refractivity contribution is 5.38. The summed E-state index contributed by atoms with van der Waals surface area (Å²) in [5.74, 6) is 0.858. The van der Waals surface area contributed by atoms with Gasteiger partial charge in [-0.1, -0.05) is 24.3 Å². The predicted octanol–water partition coefficient (Wildman–Crippen LogP) is 2.85. The van der Waals surface area contributed by atoms with E-state index < -0.39 is 0 Å². The highest BCUT2D eigenvalue weighted by atomic mass is 16.5. The highest BCUT2D eigenvalue weighted by Crippen LogP contribution is 2.45. The van der Waals surface area contributed by atoms with E-state index in [-0.39, 0.29) is 0 Å². The Balaban J connectivity index is 1.43. The first-order valence-electron chi connectivity index (χ1n) is 8.88. The molecule has 0 bridgehead atoms. The van der Waals surface area contributed by atoms with Gasteiger partial charge in [-0.3, -0.25) is 4.90 Å². The Kier molecular flexibility index (Phi) is 3.97. The van der Waals surface area contributed by atoms with Gasteiger partial charge in [0.1, 0.15) is 0 Å². The number of piperidine rings is 1. The van der Waals surface area contributed by atoms with Crippen LogP contribution in [0.2, 0.25) is 0 Å². The number of nitrogens with zero attached hydrogens (tertiary/aromatic N) is 2. The molecule has 120 valence electrons. The van der Waals surface area contributed by atoms with Crippen molar-refractivity contribution in [2.24, 2.45) is 5.92 Å². The molecular weight excluding hydrogens is 272 g/mol. The van der Waals surface area contributed by atoms with Crippen LogP contribution < -0.4 is 0 Å². The van der Waals surface area contributed by atoms with Crippen LogP contribution in [0.5, 0.6) is 0 Å². The second-order valence-electron chi connectivity index (χ2n) is 7.40. The molecule has 0 amide bonds. The maximum Gasteiger partial charge on any atom is 0.0488 e. The van der Waals surface area contributed by atoms with Crippen molar-refractivity contribution in [2.75, 3.05) is 39.9 Å². The smallest absolute Gasteiger partial charge is 0.0488 e. The lowest BCUT2D eigenvalue weighted by Gasteiger charge is -2.45. The van der Waals surface area contributed by atoms with Crippen LogP contribution in [-0.4, -0.2) is 49.7 Å². The van der Waals surface area contributed by atoms with Crippen molar-refractivity contribution in [3.05, 3.63) is 35.4 Å². The SMILES string of the molecule is CN1Cc2ccccc2C12CCN(CC1CCOCC1)CC2. The van der Waals surface area contributed by atoms with Crippen molar-refractivity contribution in [3.63, 3.8) is 0 Å². The maximum atomic E-state index is 5.49.